The van der Waals surface area contributed by atoms with E-state index in [1.807, 2.05) is 12.3 Å². The molecule has 0 amide bonds. The Bertz CT molecular complexity index is 313. The Labute approximate surface area is 104 Å². The molecule has 3 heteroatoms. The normalized spacial score (nSPS) is 21.6. The molecule has 0 aliphatic carbocycles. The van der Waals surface area contributed by atoms with E-state index < -0.39 is 0 Å². The topological polar surface area (TPSA) is 28.2 Å². The standard InChI is InChI=1S/C14H23N3/c1-17-11-5-3-7-14(17)12-15-10-8-13-6-2-4-9-16-13/h2,4,6,9,14-15H,3,5,7-8,10-12H2,1H3. The number of hydrogen-bond acceptors (Lipinski definition) is 3. The van der Waals surface area contributed by atoms with E-state index in [2.05, 4.69) is 34.4 Å². The summed E-state index contributed by atoms with van der Waals surface area (Å²) in [5.41, 5.74) is 1.18. The second-order valence-corrected chi connectivity index (χ2v) is 4.91. The predicted molar refractivity (Wildman–Crippen MR) is 71.1 cm³/mol. The number of aromatic nitrogens is 1. The van der Waals surface area contributed by atoms with Crippen molar-refractivity contribution in [1.82, 2.24) is 15.2 Å². The minimum Gasteiger partial charge on any atom is -0.315 e. The van der Waals surface area contributed by atoms with Crippen molar-refractivity contribution < 1.29 is 0 Å². The SMILES string of the molecule is CN1CCCCC1CNCCc1ccccn1. The van der Waals surface area contributed by atoms with Gasteiger partial charge in [-0.2, -0.15) is 0 Å². The number of hydrogen-bond donors (Lipinski definition) is 1. The molecule has 1 fully saturated rings. The molecule has 1 atom stereocenters. The van der Waals surface area contributed by atoms with E-state index in [4.69, 9.17) is 0 Å². The minimum atomic E-state index is 0.729. The predicted octanol–water partition coefficient (Wildman–Crippen LogP) is 1.70. The first kappa shape index (κ1) is 12.5. The molecule has 1 aromatic rings. The lowest BCUT2D eigenvalue weighted by Gasteiger charge is -2.32. The highest BCUT2D eigenvalue weighted by molar-refractivity contribution is 5.03. The van der Waals surface area contributed by atoms with E-state index in [-0.39, 0.29) is 0 Å². The highest BCUT2D eigenvalue weighted by atomic mass is 15.2. The molecule has 2 heterocycles. The van der Waals surface area contributed by atoms with Crippen LogP contribution >= 0.6 is 0 Å². The molecular formula is C14H23N3. The number of nitrogens with zero attached hydrogens (tertiary/aromatic N) is 2. The van der Waals surface area contributed by atoms with Gasteiger partial charge in [-0.15, -0.1) is 0 Å². The van der Waals surface area contributed by atoms with Crippen LogP contribution in [-0.2, 0) is 6.42 Å². The van der Waals surface area contributed by atoms with Crippen molar-refractivity contribution >= 4 is 0 Å². The van der Waals surface area contributed by atoms with Crippen LogP contribution in [0.5, 0.6) is 0 Å². The average Bonchev–Trinajstić information content (AvgIpc) is 2.38. The molecule has 0 radical (unpaired) electrons. The molecule has 1 N–H and O–H groups in total. The molecule has 0 bridgehead atoms. The smallest absolute Gasteiger partial charge is 0.0416 e. The van der Waals surface area contributed by atoms with Crippen LogP contribution in [0.4, 0.5) is 0 Å². The van der Waals surface area contributed by atoms with Crippen LogP contribution in [0, 0.1) is 0 Å². The fourth-order valence-corrected chi connectivity index (χ4v) is 2.43. The van der Waals surface area contributed by atoms with Gasteiger partial charge in [-0.1, -0.05) is 12.5 Å². The van der Waals surface area contributed by atoms with Gasteiger partial charge in [0.05, 0.1) is 0 Å². The molecule has 3 nitrogen and oxygen atoms in total. The van der Waals surface area contributed by atoms with E-state index in [1.54, 1.807) is 0 Å². The summed E-state index contributed by atoms with van der Waals surface area (Å²) in [6.45, 7) is 3.40. The Morgan fingerprint density at radius 3 is 3.12 bits per heavy atom. The van der Waals surface area contributed by atoms with Crippen LogP contribution in [0.3, 0.4) is 0 Å². The third-order valence-corrected chi connectivity index (χ3v) is 3.59. The first-order valence-electron chi connectivity index (χ1n) is 6.67. The number of rotatable bonds is 5. The van der Waals surface area contributed by atoms with Gasteiger partial charge in [0.15, 0.2) is 0 Å². The van der Waals surface area contributed by atoms with E-state index in [9.17, 15) is 0 Å². The number of piperidine rings is 1. The van der Waals surface area contributed by atoms with Gasteiger partial charge in [0, 0.05) is 37.4 Å². The number of likely N-dealkylation sites (N-methyl/N-ethyl adjacent to an activating group) is 1. The van der Waals surface area contributed by atoms with Crippen LogP contribution in [0.2, 0.25) is 0 Å². The highest BCUT2D eigenvalue weighted by Gasteiger charge is 2.17. The molecule has 94 valence electrons. The van der Waals surface area contributed by atoms with Crippen molar-refractivity contribution in [2.45, 2.75) is 31.7 Å². The number of pyridine rings is 1. The minimum absolute atomic E-state index is 0.729. The Balaban J connectivity index is 1.63. The second kappa shape index (κ2) is 6.72. The molecule has 1 aliphatic rings. The third-order valence-electron chi connectivity index (χ3n) is 3.59. The van der Waals surface area contributed by atoms with Gasteiger partial charge in [0.2, 0.25) is 0 Å². The fourth-order valence-electron chi connectivity index (χ4n) is 2.43. The molecule has 17 heavy (non-hydrogen) atoms. The maximum Gasteiger partial charge on any atom is 0.0416 e. The first-order valence-corrected chi connectivity index (χ1v) is 6.67. The van der Waals surface area contributed by atoms with Gasteiger partial charge in [0.1, 0.15) is 0 Å². The molecule has 1 saturated heterocycles. The van der Waals surface area contributed by atoms with Crippen LogP contribution in [-0.4, -0.2) is 42.6 Å². The zero-order chi connectivity index (χ0) is 11.9. The van der Waals surface area contributed by atoms with Gasteiger partial charge < -0.3 is 10.2 Å². The van der Waals surface area contributed by atoms with Crippen molar-refractivity contribution in [2.24, 2.45) is 0 Å². The van der Waals surface area contributed by atoms with Gasteiger partial charge in [-0.05, 0) is 38.6 Å². The molecular weight excluding hydrogens is 210 g/mol. The Hall–Kier alpha value is -0.930. The Morgan fingerprint density at radius 1 is 1.41 bits per heavy atom. The zero-order valence-corrected chi connectivity index (χ0v) is 10.7. The van der Waals surface area contributed by atoms with Gasteiger partial charge in [-0.3, -0.25) is 4.98 Å². The summed E-state index contributed by atoms with van der Waals surface area (Å²) in [5, 5.41) is 3.55. The van der Waals surface area contributed by atoms with E-state index >= 15 is 0 Å². The van der Waals surface area contributed by atoms with Crippen molar-refractivity contribution in [3.63, 3.8) is 0 Å². The maximum atomic E-state index is 4.33. The van der Waals surface area contributed by atoms with Crippen LogP contribution in [0.25, 0.3) is 0 Å². The van der Waals surface area contributed by atoms with Crippen LogP contribution in [0.15, 0.2) is 24.4 Å². The van der Waals surface area contributed by atoms with E-state index in [0.29, 0.717) is 0 Å². The van der Waals surface area contributed by atoms with Crippen LogP contribution < -0.4 is 5.32 Å². The van der Waals surface area contributed by atoms with Crippen LogP contribution in [0.1, 0.15) is 25.0 Å². The summed E-state index contributed by atoms with van der Waals surface area (Å²) < 4.78 is 0. The summed E-state index contributed by atoms with van der Waals surface area (Å²) in [6, 6.07) is 6.84. The summed E-state index contributed by atoms with van der Waals surface area (Å²) >= 11 is 0. The highest BCUT2D eigenvalue weighted by Crippen LogP contribution is 2.13. The molecule has 0 aromatic carbocycles. The molecule has 1 unspecified atom stereocenters. The Morgan fingerprint density at radius 2 is 2.35 bits per heavy atom. The van der Waals surface area contributed by atoms with Gasteiger partial charge in [0.25, 0.3) is 0 Å². The molecule has 0 spiro atoms. The lowest BCUT2D eigenvalue weighted by molar-refractivity contribution is 0.182. The van der Waals surface area contributed by atoms with Crippen molar-refractivity contribution in [3.05, 3.63) is 30.1 Å². The summed E-state index contributed by atoms with van der Waals surface area (Å²) in [5.74, 6) is 0. The molecule has 1 aliphatic heterocycles. The Kier molecular flexibility index (Phi) is 4.95. The monoisotopic (exact) mass is 233 g/mol. The lowest BCUT2D eigenvalue weighted by atomic mass is 10.0. The number of likely N-dealkylation sites (tertiary alicyclic amines) is 1. The molecule has 2 rings (SSSR count). The van der Waals surface area contributed by atoms with E-state index in [1.165, 1.54) is 31.5 Å². The van der Waals surface area contributed by atoms with Crippen molar-refractivity contribution in [1.29, 1.82) is 0 Å². The number of nitrogens with one attached hydrogen (secondary N) is 1. The first-order chi connectivity index (χ1) is 8.36. The van der Waals surface area contributed by atoms with Gasteiger partial charge >= 0.3 is 0 Å². The van der Waals surface area contributed by atoms with E-state index in [0.717, 1.165) is 25.6 Å². The molecule has 1 aromatic heterocycles. The third kappa shape index (κ3) is 4.10. The average molecular weight is 233 g/mol. The zero-order valence-electron chi connectivity index (χ0n) is 10.7. The van der Waals surface area contributed by atoms with Crippen molar-refractivity contribution in [2.75, 3.05) is 26.7 Å². The lowest BCUT2D eigenvalue weighted by Crippen LogP contribution is -2.43. The fraction of sp³-hybridized carbons (Fsp3) is 0.643. The summed E-state index contributed by atoms with van der Waals surface area (Å²) in [6.07, 6.45) is 6.98. The van der Waals surface area contributed by atoms with Crippen molar-refractivity contribution in [3.8, 4) is 0 Å². The summed E-state index contributed by atoms with van der Waals surface area (Å²) in [4.78, 5) is 6.81. The maximum absolute atomic E-state index is 4.33. The quantitative estimate of drug-likeness (QED) is 0.785. The largest absolute Gasteiger partial charge is 0.315 e. The van der Waals surface area contributed by atoms with Gasteiger partial charge in [-0.25, -0.2) is 0 Å². The second-order valence-electron chi connectivity index (χ2n) is 4.91. The molecule has 0 saturated carbocycles. The summed E-state index contributed by atoms with van der Waals surface area (Å²) in [7, 11) is 2.24.